The predicted molar refractivity (Wildman–Crippen MR) is 133 cm³/mol. The Morgan fingerprint density at radius 1 is 1.06 bits per heavy atom. The number of para-hydroxylation sites is 1. The molecule has 0 bridgehead atoms. The summed E-state index contributed by atoms with van der Waals surface area (Å²) in [6.45, 7) is 3.16. The quantitative estimate of drug-likeness (QED) is 0.466. The van der Waals surface area contributed by atoms with Crippen LogP contribution in [0.15, 0.2) is 72.1 Å². The van der Waals surface area contributed by atoms with E-state index in [1.54, 1.807) is 50.4 Å². The average molecular weight is 495 g/mol. The molecule has 2 aromatic carbocycles. The van der Waals surface area contributed by atoms with Gasteiger partial charge in [0.2, 0.25) is 0 Å². The van der Waals surface area contributed by atoms with Crippen molar-refractivity contribution in [1.82, 2.24) is 4.57 Å². The second kappa shape index (κ2) is 9.79. The van der Waals surface area contributed by atoms with Crippen LogP contribution in [0.5, 0.6) is 5.75 Å². The number of ether oxygens (including phenoxy) is 2. The van der Waals surface area contributed by atoms with Crippen LogP contribution in [0.1, 0.15) is 21.7 Å². The van der Waals surface area contributed by atoms with E-state index < -0.39 is 34.4 Å². The molecule has 0 saturated heterocycles. The molecule has 1 amide bonds. The Kier molecular flexibility index (Phi) is 6.79. The molecule has 35 heavy (non-hydrogen) atoms. The second-order valence-electron chi connectivity index (χ2n) is 8.22. The molecule has 1 aliphatic heterocycles. The molecule has 1 aromatic heterocycles. The molecule has 0 unspecified atom stereocenters. The van der Waals surface area contributed by atoms with Crippen LogP contribution >= 0.6 is 0 Å². The summed E-state index contributed by atoms with van der Waals surface area (Å²) in [5.74, 6) is -0.638. The first kappa shape index (κ1) is 24.3. The Morgan fingerprint density at radius 2 is 1.74 bits per heavy atom. The molecule has 9 heteroatoms. The Hall–Kier alpha value is -3.85. The summed E-state index contributed by atoms with van der Waals surface area (Å²) in [4.78, 5) is 27.4. The molecule has 2 heterocycles. The maximum Gasteiger partial charge on any atom is 0.340 e. The van der Waals surface area contributed by atoms with Gasteiger partial charge in [-0.15, -0.1) is 0 Å². The average Bonchev–Trinajstić information content (AvgIpc) is 3.35. The van der Waals surface area contributed by atoms with Crippen LogP contribution in [-0.4, -0.2) is 50.4 Å². The molecule has 0 radical (unpaired) electrons. The van der Waals surface area contributed by atoms with Crippen LogP contribution in [0.25, 0.3) is 5.69 Å². The maximum absolute atomic E-state index is 13.1. The molecule has 0 fully saturated rings. The fourth-order valence-corrected chi connectivity index (χ4v) is 5.47. The highest BCUT2D eigenvalue weighted by Crippen LogP contribution is 2.25. The van der Waals surface area contributed by atoms with Crippen molar-refractivity contribution in [3.8, 4) is 11.4 Å². The number of carbonyl (C=O) groups excluding carboxylic acids is 2. The van der Waals surface area contributed by atoms with Crippen LogP contribution in [0.3, 0.4) is 0 Å². The molecule has 4 rings (SSSR count). The largest absolute Gasteiger partial charge is 0.497 e. The van der Waals surface area contributed by atoms with Crippen molar-refractivity contribution in [3.05, 3.63) is 89.1 Å². The van der Waals surface area contributed by atoms with Gasteiger partial charge >= 0.3 is 5.97 Å². The van der Waals surface area contributed by atoms with Gasteiger partial charge in [0, 0.05) is 28.2 Å². The number of hydrogen-bond acceptors (Lipinski definition) is 6. The minimum absolute atomic E-state index is 0.218. The van der Waals surface area contributed by atoms with Gasteiger partial charge < -0.3 is 18.9 Å². The number of hydrogen-bond donors (Lipinski definition) is 0. The van der Waals surface area contributed by atoms with E-state index in [0.29, 0.717) is 16.9 Å². The Labute approximate surface area is 204 Å². The monoisotopic (exact) mass is 494 g/mol. The SMILES string of the molecule is COc1ccc(-n2c(C)cc(C(=O)OCC(=O)N(c3ccccc3)[C@H]3C=CS(=O)(=O)C3)c2C)cc1. The van der Waals surface area contributed by atoms with Gasteiger partial charge in [-0.1, -0.05) is 18.2 Å². The third kappa shape index (κ3) is 5.14. The lowest BCUT2D eigenvalue weighted by atomic mass is 10.2. The van der Waals surface area contributed by atoms with Crippen molar-refractivity contribution >= 4 is 27.4 Å². The number of rotatable bonds is 7. The van der Waals surface area contributed by atoms with Gasteiger partial charge in [-0.25, -0.2) is 13.2 Å². The molecule has 0 saturated carbocycles. The van der Waals surface area contributed by atoms with Gasteiger partial charge in [-0.3, -0.25) is 4.79 Å². The Balaban J connectivity index is 1.52. The summed E-state index contributed by atoms with van der Waals surface area (Å²) in [7, 11) is -1.79. The summed E-state index contributed by atoms with van der Waals surface area (Å²) in [6.07, 6.45) is 1.48. The van der Waals surface area contributed by atoms with Crippen molar-refractivity contribution in [3.63, 3.8) is 0 Å². The summed E-state index contributed by atoms with van der Waals surface area (Å²) < 4.78 is 36.4. The standard InChI is InChI=1S/C26H26N2O6S/c1-18-15-24(19(2)27(18)21-9-11-23(33-3)12-10-21)26(30)34-16-25(29)28(20-7-5-4-6-8-20)22-13-14-35(31,32)17-22/h4-15,22H,16-17H2,1-3H3/t22-/m0/s1. The van der Waals surface area contributed by atoms with E-state index in [1.165, 1.54) is 11.0 Å². The lowest BCUT2D eigenvalue weighted by molar-refractivity contribution is -0.121. The topological polar surface area (TPSA) is 94.9 Å². The van der Waals surface area contributed by atoms with Crippen LogP contribution in [0.2, 0.25) is 0 Å². The van der Waals surface area contributed by atoms with Gasteiger partial charge in [-0.2, -0.15) is 0 Å². The molecule has 1 aliphatic rings. The number of aryl methyl sites for hydroxylation is 1. The molecular formula is C26H26N2O6S. The third-order valence-electron chi connectivity index (χ3n) is 5.85. The highest BCUT2D eigenvalue weighted by atomic mass is 32.2. The normalized spacial score (nSPS) is 16.1. The maximum atomic E-state index is 13.1. The van der Waals surface area contributed by atoms with Gasteiger partial charge in [0.1, 0.15) is 5.75 Å². The smallest absolute Gasteiger partial charge is 0.340 e. The Morgan fingerprint density at radius 3 is 2.34 bits per heavy atom. The Bertz CT molecular complexity index is 1380. The van der Waals surface area contributed by atoms with E-state index in [0.717, 1.165) is 22.5 Å². The fourth-order valence-electron chi connectivity index (χ4n) is 4.20. The molecule has 1 atom stereocenters. The molecule has 0 spiro atoms. The lowest BCUT2D eigenvalue weighted by Crippen LogP contribution is -2.43. The number of esters is 1. The third-order valence-corrected chi connectivity index (χ3v) is 7.23. The van der Waals surface area contributed by atoms with Crippen LogP contribution in [-0.2, 0) is 19.4 Å². The fraction of sp³-hybridized carbons (Fsp3) is 0.231. The van der Waals surface area contributed by atoms with E-state index in [2.05, 4.69) is 0 Å². The van der Waals surface area contributed by atoms with Gasteiger partial charge in [0.25, 0.3) is 5.91 Å². The van der Waals surface area contributed by atoms with Crippen molar-refractivity contribution in [2.75, 3.05) is 24.4 Å². The molecule has 0 N–H and O–H groups in total. The summed E-state index contributed by atoms with van der Waals surface area (Å²) in [5.41, 5.74) is 3.24. The van der Waals surface area contributed by atoms with Crippen molar-refractivity contribution in [2.45, 2.75) is 19.9 Å². The van der Waals surface area contributed by atoms with Gasteiger partial charge in [-0.05, 0) is 62.4 Å². The molecule has 3 aromatic rings. The van der Waals surface area contributed by atoms with Crippen LogP contribution in [0.4, 0.5) is 5.69 Å². The minimum atomic E-state index is -3.39. The summed E-state index contributed by atoms with van der Waals surface area (Å²) in [5, 5.41) is 1.11. The summed E-state index contributed by atoms with van der Waals surface area (Å²) in [6, 6.07) is 17.2. The second-order valence-corrected chi connectivity index (χ2v) is 10.2. The first-order valence-corrected chi connectivity index (χ1v) is 12.7. The lowest BCUT2D eigenvalue weighted by Gasteiger charge is -2.27. The number of methoxy groups -OCH3 is 1. The van der Waals surface area contributed by atoms with Crippen molar-refractivity contribution < 1.29 is 27.5 Å². The first-order valence-electron chi connectivity index (χ1n) is 11.0. The molecular weight excluding hydrogens is 468 g/mol. The highest BCUT2D eigenvalue weighted by molar-refractivity contribution is 7.94. The summed E-state index contributed by atoms with van der Waals surface area (Å²) >= 11 is 0. The van der Waals surface area contributed by atoms with E-state index >= 15 is 0 Å². The molecule has 0 aliphatic carbocycles. The zero-order valence-corrected chi connectivity index (χ0v) is 20.5. The van der Waals surface area contributed by atoms with E-state index in [-0.39, 0.29) is 5.75 Å². The first-order chi connectivity index (χ1) is 16.7. The highest BCUT2D eigenvalue weighted by Gasteiger charge is 2.32. The van der Waals surface area contributed by atoms with Gasteiger partial charge in [0.05, 0.1) is 24.5 Å². The molecule has 8 nitrogen and oxygen atoms in total. The number of sulfone groups is 1. The van der Waals surface area contributed by atoms with Crippen LogP contribution < -0.4 is 9.64 Å². The minimum Gasteiger partial charge on any atom is -0.497 e. The zero-order valence-electron chi connectivity index (χ0n) is 19.7. The van der Waals surface area contributed by atoms with Crippen molar-refractivity contribution in [2.24, 2.45) is 0 Å². The van der Waals surface area contributed by atoms with E-state index in [4.69, 9.17) is 9.47 Å². The number of anilines is 1. The number of benzene rings is 2. The number of amides is 1. The zero-order chi connectivity index (χ0) is 25.2. The van der Waals surface area contributed by atoms with Crippen LogP contribution in [0, 0.1) is 13.8 Å². The predicted octanol–water partition coefficient (Wildman–Crippen LogP) is 3.60. The van der Waals surface area contributed by atoms with Crippen molar-refractivity contribution in [1.29, 1.82) is 0 Å². The van der Waals surface area contributed by atoms with E-state index in [9.17, 15) is 18.0 Å². The van der Waals surface area contributed by atoms with E-state index in [1.807, 2.05) is 35.8 Å². The number of carbonyl (C=O) groups is 2. The van der Waals surface area contributed by atoms with Gasteiger partial charge in [0.15, 0.2) is 16.4 Å². The molecule has 182 valence electrons. The number of nitrogens with zero attached hydrogens (tertiary/aromatic N) is 2. The number of aromatic nitrogens is 1.